The molecule has 1 fully saturated rings. The van der Waals surface area contributed by atoms with Crippen molar-refractivity contribution in [3.05, 3.63) is 59.7 Å². The Morgan fingerprint density at radius 1 is 1.21 bits per heavy atom. The molecular weight excluding hydrogens is 302 g/mol. The monoisotopic (exact) mass is 321 g/mol. The molecule has 2 heterocycles. The van der Waals surface area contributed by atoms with Crippen molar-refractivity contribution < 1.29 is 9.59 Å². The maximum atomic E-state index is 12.6. The predicted octanol–water partition coefficient (Wildman–Crippen LogP) is 3.12. The number of carbonyl (C=O) groups excluding carboxylic acids is 2. The summed E-state index contributed by atoms with van der Waals surface area (Å²) in [4.78, 5) is 26.9. The van der Waals surface area contributed by atoms with Crippen molar-refractivity contribution in [3.8, 4) is 0 Å². The highest BCUT2D eigenvalue weighted by molar-refractivity contribution is 6.07. The standard InChI is InChI=1S/C19H19N3O2/c1-13-5-4-6-14(11-13)20-18(24)22-10-9-19(12-22)15-7-2-3-8-16(15)21-17(19)23/h2-8,11H,9-10,12H2,1H3,(H,20,24)(H,21,23). The van der Waals surface area contributed by atoms with Gasteiger partial charge in [-0.05, 0) is 42.7 Å². The van der Waals surface area contributed by atoms with Gasteiger partial charge in [-0.3, -0.25) is 4.79 Å². The van der Waals surface area contributed by atoms with Gasteiger partial charge in [0, 0.05) is 24.5 Å². The molecule has 2 aliphatic heterocycles. The third-order valence-corrected chi connectivity index (χ3v) is 4.95. The maximum Gasteiger partial charge on any atom is 0.321 e. The average molecular weight is 321 g/mol. The second kappa shape index (κ2) is 5.37. The van der Waals surface area contributed by atoms with Crippen molar-refractivity contribution in [1.29, 1.82) is 0 Å². The zero-order valence-corrected chi connectivity index (χ0v) is 13.5. The van der Waals surface area contributed by atoms with Crippen LogP contribution in [-0.4, -0.2) is 29.9 Å². The molecule has 2 aromatic carbocycles. The number of urea groups is 1. The van der Waals surface area contributed by atoms with E-state index in [0.29, 0.717) is 19.5 Å². The molecule has 0 bridgehead atoms. The SMILES string of the molecule is Cc1cccc(NC(=O)N2CCC3(C2)C(=O)Nc2ccccc23)c1. The molecule has 2 aliphatic rings. The van der Waals surface area contributed by atoms with Gasteiger partial charge in [0.2, 0.25) is 5.91 Å². The van der Waals surface area contributed by atoms with Crippen LogP contribution in [0.5, 0.6) is 0 Å². The summed E-state index contributed by atoms with van der Waals surface area (Å²) in [6, 6.07) is 15.3. The highest BCUT2D eigenvalue weighted by Crippen LogP contribution is 2.44. The van der Waals surface area contributed by atoms with E-state index in [1.54, 1.807) is 4.90 Å². The molecule has 2 aromatic rings. The summed E-state index contributed by atoms with van der Waals surface area (Å²) in [5, 5.41) is 5.87. The quantitative estimate of drug-likeness (QED) is 0.848. The molecule has 1 unspecified atom stereocenters. The number of hydrogen-bond acceptors (Lipinski definition) is 2. The highest BCUT2D eigenvalue weighted by atomic mass is 16.2. The molecule has 1 atom stereocenters. The van der Waals surface area contributed by atoms with E-state index in [4.69, 9.17) is 0 Å². The minimum absolute atomic E-state index is 0.00504. The molecule has 24 heavy (non-hydrogen) atoms. The maximum absolute atomic E-state index is 12.6. The van der Waals surface area contributed by atoms with Crippen LogP contribution >= 0.6 is 0 Å². The van der Waals surface area contributed by atoms with Crippen LogP contribution in [0.1, 0.15) is 17.5 Å². The molecule has 1 saturated heterocycles. The molecule has 0 saturated carbocycles. The minimum Gasteiger partial charge on any atom is -0.325 e. The Balaban J connectivity index is 1.54. The summed E-state index contributed by atoms with van der Waals surface area (Å²) in [5.41, 5.74) is 3.12. The first-order valence-corrected chi connectivity index (χ1v) is 8.12. The van der Waals surface area contributed by atoms with Crippen LogP contribution < -0.4 is 10.6 Å². The van der Waals surface area contributed by atoms with Crippen LogP contribution in [0.2, 0.25) is 0 Å². The van der Waals surface area contributed by atoms with Crippen molar-refractivity contribution in [2.45, 2.75) is 18.8 Å². The number of hydrogen-bond donors (Lipinski definition) is 2. The Bertz CT molecular complexity index is 833. The van der Waals surface area contributed by atoms with Crippen LogP contribution in [-0.2, 0) is 10.2 Å². The van der Waals surface area contributed by atoms with Gasteiger partial charge >= 0.3 is 6.03 Å². The molecule has 1 spiro atoms. The number of para-hydroxylation sites is 1. The summed E-state index contributed by atoms with van der Waals surface area (Å²) in [6.45, 7) is 2.97. The minimum atomic E-state index is -0.611. The number of carbonyl (C=O) groups is 2. The van der Waals surface area contributed by atoms with E-state index >= 15 is 0 Å². The zero-order valence-electron chi connectivity index (χ0n) is 13.5. The van der Waals surface area contributed by atoms with Crippen molar-refractivity contribution in [2.75, 3.05) is 23.7 Å². The van der Waals surface area contributed by atoms with Crippen molar-refractivity contribution in [3.63, 3.8) is 0 Å². The van der Waals surface area contributed by atoms with Gasteiger partial charge in [0.1, 0.15) is 0 Å². The van der Waals surface area contributed by atoms with Gasteiger partial charge in [-0.1, -0.05) is 30.3 Å². The van der Waals surface area contributed by atoms with Crippen LogP contribution in [0, 0.1) is 6.92 Å². The first kappa shape index (κ1) is 14.8. The molecule has 0 aliphatic carbocycles. The van der Waals surface area contributed by atoms with Crippen molar-refractivity contribution in [1.82, 2.24) is 4.90 Å². The van der Waals surface area contributed by atoms with Gasteiger partial charge in [-0.15, -0.1) is 0 Å². The number of aryl methyl sites for hydroxylation is 1. The number of rotatable bonds is 1. The summed E-state index contributed by atoms with van der Waals surface area (Å²) < 4.78 is 0. The van der Waals surface area contributed by atoms with Gasteiger partial charge in [-0.25, -0.2) is 4.79 Å². The predicted molar refractivity (Wildman–Crippen MR) is 93.1 cm³/mol. The largest absolute Gasteiger partial charge is 0.325 e. The molecule has 5 nitrogen and oxygen atoms in total. The first-order valence-electron chi connectivity index (χ1n) is 8.12. The van der Waals surface area contributed by atoms with E-state index < -0.39 is 5.41 Å². The smallest absolute Gasteiger partial charge is 0.321 e. The van der Waals surface area contributed by atoms with Gasteiger partial charge in [0.15, 0.2) is 0 Å². The van der Waals surface area contributed by atoms with E-state index in [9.17, 15) is 9.59 Å². The topological polar surface area (TPSA) is 61.4 Å². The van der Waals surface area contributed by atoms with E-state index in [0.717, 1.165) is 22.5 Å². The number of fused-ring (bicyclic) bond motifs is 2. The number of nitrogens with one attached hydrogen (secondary N) is 2. The van der Waals surface area contributed by atoms with E-state index in [-0.39, 0.29) is 11.9 Å². The molecular formula is C19H19N3O2. The summed E-state index contributed by atoms with van der Waals surface area (Å²) in [7, 11) is 0. The normalized spacial score (nSPS) is 21.7. The number of nitrogens with zero attached hydrogens (tertiary/aromatic N) is 1. The second-order valence-electron chi connectivity index (χ2n) is 6.55. The van der Waals surface area contributed by atoms with Gasteiger partial charge < -0.3 is 15.5 Å². The van der Waals surface area contributed by atoms with Gasteiger partial charge in [0.25, 0.3) is 0 Å². The molecule has 0 aromatic heterocycles. The number of benzene rings is 2. The van der Waals surface area contributed by atoms with Crippen LogP contribution in [0.25, 0.3) is 0 Å². The van der Waals surface area contributed by atoms with Crippen LogP contribution in [0.3, 0.4) is 0 Å². The Labute approximate surface area is 140 Å². The Morgan fingerprint density at radius 3 is 2.88 bits per heavy atom. The van der Waals surface area contributed by atoms with Crippen LogP contribution in [0.4, 0.5) is 16.2 Å². The van der Waals surface area contributed by atoms with Crippen LogP contribution in [0.15, 0.2) is 48.5 Å². The second-order valence-corrected chi connectivity index (χ2v) is 6.55. The lowest BCUT2D eigenvalue weighted by Gasteiger charge is -2.22. The fourth-order valence-electron chi connectivity index (χ4n) is 3.69. The summed E-state index contributed by atoms with van der Waals surface area (Å²) in [6.07, 6.45) is 0.650. The molecule has 3 amide bonds. The fourth-order valence-corrected chi connectivity index (χ4v) is 3.69. The highest BCUT2D eigenvalue weighted by Gasteiger charge is 2.51. The number of likely N-dealkylation sites (tertiary alicyclic amines) is 1. The summed E-state index contributed by atoms with van der Waals surface area (Å²) >= 11 is 0. The van der Waals surface area contributed by atoms with E-state index in [1.807, 2.05) is 55.5 Å². The van der Waals surface area contributed by atoms with E-state index in [1.165, 1.54) is 0 Å². The van der Waals surface area contributed by atoms with Crippen molar-refractivity contribution in [2.24, 2.45) is 0 Å². The molecule has 5 heteroatoms. The Kier molecular flexibility index (Phi) is 3.30. The third kappa shape index (κ3) is 2.24. The van der Waals surface area contributed by atoms with Gasteiger partial charge in [0.05, 0.1) is 5.41 Å². The Hall–Kier alpha value is -2.82. The third-order valence-electron chi connectivity index (χ3n) is 4.95. The molecule has 4 rings (SSSR count). The van der Waals surface area contributed by atoms with Crippen molar-refractivity contribution >= 4 is 23.3 Å². The number of amides is 3. The Morgan fingerprint density at radius 2 is 2.04 bits per heavy atom. The molecule has 2 N–H and O–H groups in total. The van der Waals surface area contributed by atoms with E-state index in [2.05, 4.69) is 10.6 Å². The lowest BCUT2D eigenvalue weighted by atomic mass is 9.81. The number of anilines is 2. The zero-order chi connectivity index (χ0) is 16.7. The van der Waals surface area contributed by atoms with Gasteiger partial charge in [-0.2, -0.15) is 0 Å². The molecule has 122 valence electrons. The lowest BCUT2D eigenvalue weighted by Crippen LogP contribution is -2.40. The fraction of sp³-hybridized carbons (Fsp3) is 0.263. The summed E-state index contributed by atoms with van der Waals surface area (Å²) in [5.74, 6) is -0.00504. The molecule has 0 radical (unpaired) electrons. The average Bonchev–Trinajstić information content (AvgIpc) is 3.12. The lowest BCUT2D eigenvalue weighted by molar-refractivity contribution is -0.120. The first-order chi connectivity index (χ1) is 11.6.